The van der Waals surface area contributed by atoms with E-state index in [2.05, 4.69) is 0 Å². The Balaban J connectivity index is 1.64. The van der Waals surface area contributed by atoms with Gasteiger partial charge in [-0.1, -0.05) is 6.92 Å². The van der Waals surface area contributed by atoms with Gasteiger partial charge in [-0.15, -0.1) is 0 Å². The van der Waals surface area contributed by atoms with Crippen molar-refractivity contribution in [1.82, 2.24) is 0 Å². The number of hydrogen-bond acceptors (Lipinski definition) is 7. The average Bonchev–Trinajstić information content (AvgIpc) is 3.33. The molecule has 0 bridgehead atoms. The van der Waals surface area contributed by atoms with Crippen LogP contribution in [-0.4, -0.2) is 41.0 Å². The van der Waals surface area contributed by atoms with E-state index in [-0.39, 0.29) is 24.4 Å². The number of aliphatic hydroxyl groups is 2. The van der Waals surface area contributed by atoms with Gasteiger partial charge in [-0.05, 0) is 31.2 Å². The molecule has 7 nitrogen and oxygen atoms in total. The van der Waals surface area contributed by atoms with E-state index in [1.54, 1.807) is 12.3 Å². The molecule has 27 heavy (non-hydrogen) atoms. The molecule has 2 aliphatic heterocycles. The van der Waals surface area contributed by atoms with Crippen molar-refractivity contribution in [3.05, 3.63) is 24.2 Å². The minimum atomic E-state index is -1.05. The molecule has 4 aliphatic rings. The van der Waals surface area contributed by atoms with E-state index >= 15 is 0 Å². The van der Waals surface area contributed by atoms with Crippen molar-refractivity contribution in [3.63, 3.8) is 0 Å². The van der Waals surface area contributed by atoms with Gasteiger partial charge >= 0.3 is 11.9 Å². The molecule has 7 heteroatoms. The number of hydrogen-bond donors (Lipinski definition) is 2. The van der Waals surface area contributed by atoms with Gasteiger partial charge in [0.15, 0.2) is 0 Å². The van der Waals surface area contributed by atoms with Crippen LogP contribution < -0.4 is 0 Å². The Hall–Kier alpha value is -1.86. The van der Waals surface area contributed by atoms with Crippen molar-refractivity contribution >= 4 is 11.9 Å². The number of carbonyl (C=O) groups is 2. The zero-order valence-electron chi connectivity index (χ0n) is 15.2. The van der Waals surface area contributed by atoms with Gasteiger partial charge in [0.2, 0.25) is 0 Å². The molecule has 0 amide bonds. The zero-order chi connectivity index (χ0) is 19.0. The molecule has 2 saturated heterocycles. The van der Waals surface area contributed by atoms with Crippen molar-refractivity contribution in [2.24, 2.45) is 28.6 Å². The van der Waals surface area contributed by atoms with Crippen LogP contribution in [0.2, 0.25) is 0 Å². The van der Waals surface area contributed by atoms with Crippen molar-refractivity contribution in [2.45, 2.75) is 50.9 Å². The van der Waals surface area contributed by atoms with Crippen LogP contribution in [0.25, 0.3) is 0 Å². The molecule has 0 aromatic carbocycles. The van der Waals surface area contributed by atoms with Crippen LogP contribution in [0.15, 0.2) is 23.0 Å². The molecule has 4 fully saturated rings. The van der Waals surface area contributed by atoms with E-state index in [4.69, 9.17) is 13.9 Å². The van der Waals surface area contributed by atoms with Crippen LogP contribution in [0, 0.1) is 28.6 Å². The topological polar surface area (TPSA) is 106 Å². The second-order valence-electron chi connectivity index (χ2n) is 8.77. The van der Waals surface area contributed by atoms with Crippen molar-refractivity contribution in [2.75, 3.05) is 6.61 Å². The van der Waals surface area contributed by atoms with Crippen LogP contribution >= 0.6 is 0 Å². The summed E-state index contributed by atoms with van der Waals surface area (Å²) < 4.78 is 16.3. The zero-order valence-corrected chi connectivity index (χ0v) is 15.2. The fourth-order valence-corrected chi connectivity index (χ4v) is 6.56. The third-order valence-electron chi connectivity index (χ3n) is 7.82. The smallest absolute Gasteiger partial charge is 0.313 e. The predicted molar refractivity (Wildman–Crippen MR) is 90.0 cm³/mol. The average molecular weight is 376 g/mol. The molecule has 2 spiro atoms. The van der Waals surface area contributed by atoms with Gasteiger partial charge in [-0.3, -0.25) is 9.59 Å². The maximum Gasteiger partial charge on any atom is 0.313 e. The summed E-state index contributed by atoms with van der Waals surface area (Å²) in [5.74, 6) is -1.92. The highest BCUT2D eigenvalue weighted by atomic mass is 16.6. The lowest BCUT2D eigenvalue weighted by Crippen LogP contribution is -2.65. The molecule has 1 aromatic heterocycles. The van der Waals surface area contributed by atoms with Crippen molar-refractivity contribution in [3.8, 4) is 0 Å². The number of cyclic esters (lactones) is 2. The molecular formula is C20H24O7. The Morgan fingerprint density at radius 3 is 2.70 bits per heavy atom. The Morgan fingerprint density at radius 1 is 1.15 bits per heavy atom. The van der Waals surface area contributed by atoms with E-state index in [9.17, 15) is 19.8 Å². The highest BCUT2D eigenvalue weighted by Crippen LogP contribution is 2.68. The molecule has 2 aliphatic carbocycles. The van der Waals surface area contributed by atoms with Gasteiger partial charge < -0.3 is 24.1 Å². The third kappa shape index (κ3) is 2.04. The van der Waals surface area contributed by atoms with Crippen molar-refractivity contribution in [1.29, 1.82) is 0 Å². The van der Waals surface area contributed by atoms with E-state index in [1.807, 2.05) is 6.92 Å². The number of carbonyl (C=O) groups excluding carboxylic acids is 2. The second kappa shape index (κ2) is 5.58. The number of furan rings is 1. The minimum Gasteiger partial charge on any atom is -0.472 e. The van der Waals surface area contributed by atoms with E-state index in [1.165, 1.54) is 6.26 Å². The van der Waals surface area contributed by atoms with Crippen LogP contribution in [0.5, 0.6) is 0 Å². The van der Waals surface area contributed by atoms with E-state index in [0.29, 0.717) is 25.7 Å². The Kier molecular flexibility index (Phi) is 3.56. The lowest BCUT2D eigenvalue weighted by molar-refractivity contribution is -0.206. The normalized spacial score (nSPS) is 48.9. The van der Waals surface area contributed by atoms with Crippen LogP contribution in [-0.2, 0) is 19.1 Å². The summed E-state index contributed by atoms with van der Waals surface area (Å²) in [5, 5.41) is 21.9. The van der Waals surface area contributed by atoms with Gasteiger partial charge in [0.1, 0.15) is 6.10 Å². The van der Waals surface area contributed by atoms with E-state index < -0.39 is 41.0 Å². The maximum absolute atomic E-state index is 13.3. The van der Waals surface area contributed by atoms with Crippen LogP contribution in [0.4, 0.5) is 0 Å². The van der Waals surface area contributed by atoms with Crippen LogP contribution in [0.3, 0.4) is 0 Å². The molecule has 3 heterocycles. The van der Waals surface area contributed by atoms with Gasteiger partial charge in [0.25, 0.3) is 0 Å². The summed E-state index contributed by atoms with van der Waals surface area (Å²) in [7, 11) is 0. The number of rotatable bonds is 1. The van der Waals surface area contributed by atoms with Crippen LogP contribution in [0.1, 0.15) is 44.3 Å². The fraction of sp³-hybridized carbons (Fsp3) is 0.700. The predicted octanol–water partition coefficient (Wildman–Crippen LogP) is 1.58. The largest absolute Gasteiger partial charge is 0.472 e. The summed E-state index contributed by atoms with van der Waals surface area (Å²) in [6, 6.07) is 1.76. The summed E-state index contributed by atoms with van der Waals surface area (Å²) in [6.07, 6.45) is 2.79. The minimum absolute atomic E-state index is 0.146. The first kappa shape index (κ1) is 17.3. The number of esters is 2. The Morgan fingerprint density at radius 2 is 1.96 bits per heavy atom. The van der Waals surface area contributed by atoms with Gasteiger partial charge in [0.05, 0.1) is 42.7 Å². The molecule has 0 radical (unpaired) electrons. The Bertz CT molecular complexity index is 773. The quantitative estimate of drug-likeness (QED) is 0.717. The summed E-state index contributed by atoms with van der Waals surface area (Å²) in [4.78, 5) is 25.7. The summed E-state index contributed by atoms with van der Waals surface area (Å²) >= 11 is 0. The molecule has 2 saturated carbocycles. The highest BCUT2D eigenvalue weighted by Gasteiger charge is 2.73. The molecule has 8 atom stereocenters. The van der Waals surface area contributed by atoms with E-state index in [0.717, 1.165) is 5.56 Å². The Labute approximate surface area is 156 Å². The summed E-state index contributed by atoms with van der Waals surface area (Å²) in [6.45, 7) is 2.00. The standard InChI is InChI=1S/C20H24O7/c1-10-14(22)6-19-9-26-17(23)12(19)2-3-13(21)16(19)20(10)7-15(27-18(20)24)11-4-5-25-8-11/h4-5,8,10,12-16,21-22H,2-3,6-7,9H2,1H3/t10-,12+,13+,14-,15+,16+,19-,20+/m0/s1. The fourth-order valence-electron chi connectivity index (χ4n) is 6.56. The van der Waals surface area contributed by atoms with Gasteiger partial charge in [0, 0.05) is 23.3 Å². The number of ether oxygens (including phenoxy) is 2. The number of aliphatic hydroxyl groups excluding tert-OH is 2. The lowest BCUT2D eigenvalue weighted by atomic mass is 9.43. The SMILES string of the molecule is C[C@H]1[C@@H](O)C[C@]23COC(=O)[C@H]2CC[C@@H](O)[C@H]3[C@@]12C[C@H](c1ccoc1)OC2=O. The maximum atomic E-state index is 13.3. The first-order valence-electron chi connectivity index (χ1n) is 9.66. The third-order valence-corrected chi connectivity index (χ3v) is 7.82. The molecule has 146 valence electrons. The first-order chi connectivity index (χ1) is 12.9. The lowest BCUT2D eigenvalue weighted by Gasteiger charge is -2.59. The molecule has 0 unspecified atom stereocenters. The molecule has 1 aromatic rings. The molecule has 2 N–H and O–H groups in total. The summed E-state index contributed by atoms with van der Waals surface area (Å²) in [5.41, 5.74) is -1.00. The van der Waals surface area contributed by atoms with Crippen molar-refractivity contribution < 1.29 is 33.7 Å². The van der Waals surface area contributed by atoms with Gasteiger partial charge in [-0.2, -0.15) is 0 Å². The van der Waals surface area contributed by atoms with Gasteiger partial charge in [-0.25, -0.2) is 0 Å². The monoisotopic (exact) mass is 376 g/mol. The second-order valence-corrected chi connectivity index (χ2v) is 8.77. The molecular weight excluding hydrogens is 352 g/mol. The highest BCUT2D eigenvalue weighted by molar-refractivity contribution is 5.82. The first-order valence-corrected chi connectivity index (χ1v) is 9.66. The number of fused-ring (bicyclic) bond motifs is 1. The molecule has 5 rings (SSSR count).